The van der Waals surface area contributed by atoms with Crippen LogP contribution in [0, 0.1) is 30.3 Å². The number of alkyl halides is 4. The van der Waals surface area contributed by atoms with Gasteiger partial charge in [0.25, 0.3) is 28.9 Å². The van der Waals surface area contributed by atoms with Crippen LogP contribution >= 0.6 is 0 Å². The topological polar surface area (TPSA) is 358 Å². The molecule has 5 amide bonds. The smallest absolute Gasteiger partial charge is 0.411 e. The zero-order chi connectivity index (χ0) is 69.6. The van der Waals surface area contributed by atoms with Crippen LogP contribution in [0.3, 0.4) is 0 Å². The molecule has 33 heteroatoms. The largest absolute Gasteiger partial charge is 0.444 e. The summed E-state index contributed by atoms with van der Waals surface area (Å²) in [6.45, 7) is 19.8. The number of hydrogen-bond donors (Lipinski definition) is 3. The van der Waals surface area contributed by atoms with E-state index in [0.29, 0.717) is 32.0 Å². The minimum atomic E-state index is -3.01. The minimum Gasteiger partial charge on any atom is -0.444 e. The normalized spacial score (nSPS) is 14.7. The Bertz CT molecular complexity index is 3750. The van der Waals surface area contributed by atoms with Gasteiger partial charge < -0.3 is 24.8 Å². The quantitative estimate of drug-likeness (QED) is 0.0337. The number of halogens is 4. The molecule has 29 nitrogen and oxygen atoms in total. The van der Waals surface area contributed by atoms with E-state index in [-0.39, 0.29) is 103 Å². The molecule has 0 saturated carbocycles. The molecule has 0 spiro atoms. The fraction of sp³-hybridized carbons (Fsp3) is 0.468. The van der Waals surface area contributed by atoms with Crippen molar-refractivity contribution in [3.05, 3.63) is 159 Å². The highest BCUT2D eigenvalue weighted by Gasteiger charge is 2.50. The maximum absolute atomic E-state index is 13.8. The number of amides is 5. The number of hydrogen-bond acceptors (Lipinski definition) is 18. The second-order valence-electron chi connectivity index (χ2n) is 26.1. The van der Waals surface area contributed by atoms with Crippen molar-refractivity contribution in [3.63, 3.8) is 0 Å². The van der Waals surface area contributed by atoms with E-state index in [1.54, 1.807) is 94.9 Å². The SMILES string of the molecule is C.C.CC(C)(C)OC(=O)N1Cc2c(CC(=O)c3ccc([N+](=O)[O-])cc3)nn(C(F)F)c2C1(C)C.CC(C)(C)OC(=O)N1Cc2c(NC(=O)c3ccc([N+](=O)[O-])cc3)n[nH]c2C1(C)C.CC(C)(C)OC(=O)N1Cc2c(NC(=O)c3ccc([N+](=O)[O-])cc3)nn(C(F)F)c2C1(C)C. The molecule has 3 aromatic heterocycles. The molecular formula is C62H78F4N14O15. The van der Waals surface area contributed by atoms with Crippen LogP contribution in [0.1, 0.15) is 202 Å². The van der Waals surface area contributed by atoms with Gasteiger partial charge in [-0.15, -0.1) is 5.10 Å². The van der Waals surface area contributed by atoms with Gasteiger partial charge in [-0.25, -0.2) is 23.7 Å². The lowest BCUT2D eigenvalue weighted by Gasteiger charge is -2.34. The number of nitrogens with zero attached hydrogens (tertiary/aromatic N) is 11. The van der Waals surface area contributed by atoms with Crippen LogP contribution in [-0.4, -0.2) is 112 Å². The molecule has 3 aliphatic rings. The predicted molar refractivity (Wildman–Crippen MR) is 337 cm³/mol. The maximum atomic E-state index is 13.8. The van der Waals surface area contributed by atoms with Gasteiger partial charge in [-0.1, -0.05) is 14.9 Å². The third-order valence-electron chi connectivity index (χ3n) is 14.8. The van der Waals surface area contributed by atoms with Gasteiger partial charge in [0, 0.05) is 69.8 Å². The average molecular weight is 1340 g/mol. The number of ketones is 1. The van der Waals surface area contributed by atoms with E-state index >= 15 is 0 Å². The van der Waals surface area contributed by atoms with Crippen molar-refractivity contribution >= 4 is 64.6 Å². The number of aromatic amines is 1. The molecule has 0 saturated heterocycles. The molecule has 3 aliphatic heterocycles. The number of H-pyrrole nitrogens is 1. The van der Waals surface area contributed by atoms with Gasteiger partial charge in [-0.3, -0.25) is 64.5 Å². The first-order chi connectivity index (χ1) is 42.8. The van der Waals surface area contributed by atoms with E-state index in [0.717, 1.165) is 12.1 Å². The van der Waals surface area contributed by atoms with E-state index in [1.807, 2.05) is 13.8 Å². The Kier molecular flexibility index (Phi) is 22.0. The van der Waals surface area contributed by atoms with E-state index < -0.39 is 97.2 Å². The van der Waals surface area contributed by atoms with Crippen molar-refractivity contribution in [1.29, 1.82) is 0 Å². The Morgan fingerprint density at radius 1 is 0.516 bits per heavy atom. The van der Waals surface area contributed by atoms with E-state index in [2.05, 4.69) is 31.0 Å². The zero-order valence-electron chi connectivity index (χ0n) is 53.5. The van der Waals surface area contributed by atoms with Crippen molar-refractivity contribution in [2.45, 2.75) is 191 Å². The molecular weight excluding hydrogens is 1260 g/mol. The van der Waals surface area contributed by atoms with Crippen molar-refractivity contribution < 1.29 is 75.3 Å². The van der Waals surface area contributed by atoms with Gasteiger partial charge in [0.15, 0.2) is 17.4 Å². The molecule has 0 radical (unpaired) electrons. The summed E-state index contributed by atoms with van der Waals surface area (Å²) in [4.78, 5) is 111. The van der Waals surface area contributed by atoms with Crippen LogP contribution in [-0.2, 0) is 56.9 Å². The Morgan fingerprint density at radius 2 is 0.842 bits per heavy atom. The molecule has 3 N–H and O–H groups in total. The summed E-state index contributed by atoms with van der Waals surface area (Å²) in [5.74, 6) is -1.39. The highest BCUT2D eigenvalue weighted by Crippen LogP contribution is 2.46. The van der Waals surface area contributed by atoms with Gasteiger partial charge in [0.1, 0.15) is 16.8 Å². The molecule has 0 unspecified atom stereocenters. The molecule has 514 valence electrons. The molecule has 3 aromatic carbocycles. The van der Waals surface area contributed by atoms with Gasteiger partial charge in [0.05, 0.1) is 80.2 Å². The van der Waals surface area contributed by atoms with Gasteiger partial charge >= 0.3 is 31.4 Å². The molecule has 95 heavy (non-hydrogen) atoms. The third-order valence-corrected chi connectivity index (χ3v) is 14.8. The number of non-ortho nitro benzene ring substituents is 3. The number of carbonyl (C=O) groups is 6. The molecule has 9 rings (SSSR count). The number of ether oxygens (including phenoxy) is 3. The standard InChI is InChI=1S/C21H24F2N4O5.C20H23F2N5O5.C19H23N5O5.2CH4/c1-20(2,3)32-19(29)25-11-14-15(24-26(18(22)23)17(14)21(25,4)5)10-16(28)12-6-8-13(9-7-12)27(30)31;1-19(2,3)32-18(29)25-10-13-14(20(25,4)5)26(17(21)22)24-15(13)23-16(28)11-6-8-12(9-7-11)27(30)31;1-18(2,3)29-17(26)23-10-13-14(19(23,4)5)21-22-15(13)20-16(25)11-6-8-12(9-7-11)24(27)28;;/h6-9,18H,10-11H2,1-5H3;6-9,17H,10H2,1-5H3,(H,23,24,28);6-9H,10H2,1-5H3,(H2,20,21,22,25);2*1H4. The third kappa shape index (κ3) is 16.5. The fourth-order valence-electron chi connectivity index (χ4n) is 10.4. The lowest BCUT2D eigenvalue weighted by molar-refractivity contribution is -0.385. The number of anilines is 2. The highest BCUT2D eigenvalue weighted by atomic mass is 19.3. The number of Topliss-reactive ketones (excluding diaryl/α,β-unsaturated/α-hetero) is 1. The fourth-order valence-corrected chi connectivity index (χ4v) is 10.4. The number of fused-ring (bicyclic) bond motifs is 3. The first-order valence-corrected chi connectivity index (χ1v) is 28.6. The lowest BCUT2D eigenvalue weighted by atomic mass is 9.98. The summed E-state index contributed by atoms with van der Waals surface area (Å²) < 4.78 is 72.4. The van der Waals surface area contributed by atoms with Crippen LogP contribution in [0.5, 0.6) is 0 Å². The number of rotatable bonds is 12. The van der Waals surface area contributed by atoms with Crippen molar-refractivity contribution in [3.8, 4) is 0 Å². The lowest BCUT2D eigenvalue weighted by Crippen LogP contribution is -2.44. The van der Waals surface area contributed by atoms with E-state index in [9.17, 15) is 76.7 Å². The van der Waals surface area contributed by atoms with Crippen LogP contribution in [0.15, 0.2) is 72.8 Å². The second kappa shape index (κ2) is 27.7. The molecule has 6 aromatic rings. The molecule has 0 aliphatic carbocycles. The molecule has 0 fully saturated rings. The van der Waals surface area contributed by atoms with E-state index in [4.69, 9.17) is 14.2 Å². The molecule has 6 heterocycles. The Morgan fingerprint density at radius 3 is 1.21 bits per heavy atom. The number of nitro groups is 3. The number of aromatic nitrogens is 6. The summed E-state index contributed by atoms with van der Waals surface area (Å²) in [6, 6.07) is 15.1. The minimum absolute atomic E-state index is 0. The van der Waals surface area contributed by atoms with Crippen molar-refractivity contribution in [2.75, 3.05) is 10.6 Å². The van der Waals surface area contributed by atoms with Gasteiger partial charge in [-0.2, -0.15) is 27.8 Å². The Labute approximate surface area is 543 Å². The number of nitrogens with one attached hydrogen (secondary N) is 3. The maximum Gasteiger partial charge on any atom is 0.411 e. The van der Waals surface area contributed by atoms with E-state index in [1.165, 1.54) is 70.5 Å². The second-order valence-corrected chi connectivity index (χ2v) is 26.1. The molecule has 0 atom stereocenters. The average Bonchev–Trinajstić information content (AvgIpc) is 1.59. The number of carbonyl (C=O) groups excluding carboxylic acids is 6. The monoisotopic (exact) mass is 1330 g/mol. The van der Waals surface area contributed by atoms with Crippen LogP contribution < -0.4 is 10.6 Å². The highest BCUT2D eigenvalue weighted by molar-refractivity contribution is 6.05. The van der Waals surface area contributed by atoms with Crippen LogP contribution in [0.2, 0.25) is 0 Å². The first-order valence-electron chi connectivity index (χ1n) is 28.6. The van der Waals surface area contributed by atoms with Gasteiger partial charge in [0.2, 0.25) is 0 Å². The van der Waals surface area contributed by atoms with Crippen molar-refractivity contribution in [2.24, 2.45) is 0 Å². The predicted octanol–water partition coefficient (Wildman–Crippen LogP) is 13.9. The zero-order valence-corrected chi connectivity index (χ0v) is 53.5. The first kappa shape index (κ1) is 75.4. The summed E-state index contributed by atoms with van der Waals surface area (Å²) >= 11 is 0. The Balaban J connectivity index is 0.000000256. The summed E-state index contributed by atoms with van der Waals surface area (Å²) in [5.41, 5.74) is -2.76. The van der Waals surface area contributed by atoms with Crippen LogP contribution in [0.25, 0.3) is 0 Å². The summed E-state index contributed by atoms with van der Waals surface area (Å²) in [6.07, 6.45) is -2.10. The number of benzene rings is 3. The van der Waals surface area contributed by atoms with Gasteiger partial charge in [-0.05, 0) is 140 Å². The Hall–Kier alpha value is -10.4. The molecule has 0 bridgehead atoms. The number of nitro benzene ring substituents is 3. The van der Waals surface area contributed by atoms with Crippen LogP contribution in [0.4, 0.5) is 60.6 Å². The summed E-state index contributed by atoms with van der Waals surface area (Å²) in [5, 5.41) is 52.4. The summed E-state index contributed by atoms with van der Waals surface area (Å²) in [7, 11) is 0. The van der Waals surface area contributed by atoms with Crippen molar-refractivity contribution in [1.82, 2.24) is 44.5 Å².